The van der Waals surface area contributed by atoms with Gasteiger partial charge in [0.2, 0.25) is 5.89 Å². The number of rotatable bonds is 4. The summed E-state index contributed by atoms with van der Waals surface area (Å²) in [4.78, 5) is 6.86. The van der Waals surface area contributed by atoms with Crippen LogP contribution in [0.2, 0.25) is 5.02 Å². The van der Waals surface area contributed by atoms with Gasteiger partial charge < -0.3 is 9.52 Å². The van der Waals surface area contributed by atoms with Gasteiger partial charge in [-0.2, -0.15) is 0 Å². The lowest BCUT2D eigenvalue weighted by molar-refractivity contribution is 0.109. The minimum Gasteiger partial charge on any atom is -0.439 e. The van der Waals surface area contributed by atoms with Crippen LogP contribution in [0.1, 0.15) is 24.4 Å². The number of likely N-dealkylation sites (tertiary alicyclic amines) is 1. The highest BCUT2D eigenvalue weighted by Gasteiger charge is 2.21. The second-order valence-electron chi connectivity index (χ2n) is 5.95. The van der Waals surface area contributed by atoms with E-state index >= 15 is 0 Å². The molecule has 3 rings (SSSR count). The molecule has 1 N–H and O–H groups in total. The average Bonchev–Trinajstić information content (AvgIpc) is 2.89. The molecule has 0 aliphatic carbocycles. The first-order chi connectivity index (χ1) is 10.7. The third kappa shape index (κ3) is 3.51. The van der Waals surface area contributed by atoms with Gasteiger partial charge in [0.15, 0.2) is 5.76 Å². The predicted molar refractivity (Wildman–Crippen MR) is 86.8 cm³/mol. The SMILES string of the molecule is Cc1nc(CN2CCCC(CO)C2)oc1-c1ccc(Cl)cc1. The Morgan fingerprint density at radius 3 is 2.86 bits per heavy atom. The molecule has 2 aromatic rings. The molecule has 1 atom stereocenters. The smallest absolute Gasteiger partial charge is 0.209 e. The second kappa shape index (κ2) is 6.82. The fourth-order valence-corrected chi connectivity index (χ4v) is 3.15. The third-order valence-electron chi connectivity index (χ3n) is 4.17. The number of nitrogens with zero attached hydrogens (tertiary/aromatic N) is 2. The number of benzene rings is 1. The van der Waals surface area contributed by atoms with Crippen molar-refractivity contribution >= 4 is 11.6 Å². The Morgan fingerprint density at radius 1 is 1.36 bits per heavy atom. The van der Waals surface area contributed by atoms with Gasteiger partial charge in [0.05, 0.1) is 12.2 Å². The molecule has 1 fully saturated rings. The molecule has 22 heavy (non-hydrogen) atoms. The number of aryl methyl sites for hydroxylation is 1. The number of piperidine rings is 1. The molecule has 1 aliphatic heterocycles. The molecule has 1 aromatic heterocycles. The van der Waals surface area contributed by atoms with Crippen molar-refractivity contribution in [2.24, 2.45) is 5.92 Å². The quantitative estimate of drug-likeness (QED) is 0.936. The summed E-state index contributed by atoms with van der Waals surface area (Å²) in [6.07, 6.45) is 2.22. The molecule has 1 aromatic carbocycles. The average molecular weight is 321 g/mol. The molecule has 0 amide bonds. The first kappa shape index (κ1) is 15.5. The van der Waals surface area contributed by atoms with E-state index in [0.717, 1.165) is 48.8 Å². The molecule has 2 heterocycles. The summed E-state index contributed by atoms with van der Waals surface area (Å²) in [6.45, 7) is 4.87. The lowest BCUT2D eigenvalue weighted by atomic mass is 9.99. The summed E-state index contributed by atoms with van der Waals surface area (Å²) < 4.78 is 5.95. The predicted octanol–water partition coefficient (Wildman–Crippen LogP) is 3.51. The zero-order chi connectivity index (χ0) is 15.5. The first-order valence-electron chi connectivity index (χ1n) is 7.71. The summed E-state index contributed by atoms with van der Waals surface area (Å²) in [6, 6.07) is 7.61. The van der Waals surface area contributed by atoms with Crippen LogP contribution in [-0.2, 0) is 6.54 Å². The first-order valence-corrected chi connectivity index (χ1v) is 8.09. The number of oxazole rings is 1. The highest BCUT2D eigenvalue weighted by Crippen LogP contribution is 2.27. The van der Waals surface area contributed by atoms with Crippen LogP contribution in [0.15, 0.2) is 28.7 Å². The highest BCUT2D eigenvalue weighted by atomic mass is 35.5. The number of aliphatic hydroxyl groups is 1. The summed E-state index contributed by atoms with van der Waals surface area (Å²) in [7, 11) is 0. The van der Waals surface area contributed by atoms with E-state index in [-0.39, 0.29) is 6.61 Å². The van der Waals surface area contributed by atoms with E-state index in [1.165, 1.54) is 0 Å². The Bertz CT molecular complexity index is 624. The van der Waals surface area contributed by atoms with Crippen molar-refractivity contribution in [3.63, 3.8) is 0 Å². The number of aliphatic hydroxyl groups excluding tert-OH is 1. The van der Waals surface area contributed by atoms with Gasteiger partial charge in [-0.25, -0.2) is 4.98 Å². The van der Waals surface area contributed by atoms with Crippen molar-refractivity contribution in [1.82, 2.24) is 9.88 Å². The van der Waals surface area contributed by atoms with Crippen LogP contribution in [-0.4, -0.2) is 34.7 Å². The number of aromatic nitrogens is 1. The molecule has 5 heteroatoms. The van der Waals surface area contributed by atoms with Crippen LogP contribution in [0.3, 0.4) is 0 Å². The number of halogens is 1. The van der Waals surface area contributed by atoms with Gasteiger partial charge in [-0.3, -0.25) is 4.90 Å². The van der Waals surface area contributed by atoms with E-state index < -0.39 is 0 Å². The zero-order valence-electron chi connectivity index (χ0n) is 12.8. The molecule has 0 spiro atoms. The van der Waals surface area contributed by atoms with E-state index in [1.54, 1.807) is 0 Å². The molecule has 0 radical (unpaired) electrons. The van der Waals surface area contributed by atoms with Crippen molar-refractivity contribution in [2.75, 3.05) is 19.7 Å². The van der Waals surface area contributed by atoms with Crippen molar-refractivity contribution in [2.45, 2.75) is 26.3 Å². The topological polar surface area (TPSA) is 49.5 Å². The molecule has 118 valence electrons. The summed E-state index contributed by atoms with van der Waals surface area (Å²) in [5.74, 6) is 1.92. The molecule has 0 saturated carbocycles. The standard InChI is InChI=1S/C17H21ClN2O2/c1-12-17(14-4-6-15(18)7-5-14)22-16(19-12)10-20-8-2-3-13(9-20)11-21/h4-7,13,21H,2-3,8-11H2,1H3. The zero-order valence-corrected chi connectivity index (χ0v) is 13.5. The van der Waals surface area contributed by atoms with Crippen LogP contribution < -0.4 is 0 Å². The molecule has 1 unspecified atom stereocenters. The van der Waals surface area contributed by atoms with Gasteiger partial charge >= 0.3 is 0 Å². The Hall–Kier alpha value is -1.36. The molecular weight excluding hydrogens is 300 g/mol. The van der Waals surface area contributed by atoms with Crippen molar-refractivity contribution < 1.29 is 9.52 Å². The van der Waals surface area contributed by atoms with Crippen molar-refractivity contribution in [3.8, 4) is 11.3 Å². The number of hydrogen-bond acceptors (Lipinski definition) is 4. The maximum Gasteiger partial charge on any atom is 0.209 e. The molecular formula is C17H21ClN2O2. The van der Waals surface area contributed by atoms with Crippen LogP contribution in [0.4, 0.5) is 0 Å². The fraction of sp³-hybridized carbons (Fsp3) is 0.471. The lowest BCUT2D eigenvalue weighted by Crippen LogP contribution is -2.36. The normalized spacial score (nSPS) is 19.5. The van der Waals surface area contributed by atoms with Crippen LogP contribution in [0.5, 0.6) is 0 Å². The lowest BCUT2D eigenvalue weighted by Gasteiger charge is -2.30. The van der Waals surface area contributed by atoms with Crippen LogP contribution in [0.25, 0.3) is 11.3 Å². The molecule has 0 bridgehead atoms. The van der Waals surface area contributed by atoms with Gasteiger partial charge in [0.25, 0.3) is 0 Å². The van der Waals surface area contributed by atoms with Gasteiger partial charge in [0, 0.05) is 23.7 Å². The third-order valence-corrected chi connectivity index (χ3v) is 4.42. The van der Waals surface area contributed by atoms with Gasteiger partial charge in [-0.1, -0.05) is 11.6 Å². The van der Waals surface area contributed by atoms with E-state index in [0.29, 0.717) is 17.5 Å². The Morgan fingerprint density at radius 2 is 2.14 bits per heavy atom. The Kier molecular flexibility index (Phi) is 4.81. The van der Waals surface area contributed by atoms with Gasteiger partial charge in [-0.15, -0.1) is 0 Å². The Labute approximate surface area is 135 Å². The van der Waals surface area contributed by atoms with E-state index in [2.05, 4.69) is 9.88 Å². The Balaban J connectivity index is 1.73. The van der Waals surface area contributed by atoms with Gasteiger partial charge in [0.1, 0.15) is 0 Å². The molecule has 1 saturated heterocycles. The summed E-state index contributed by atoms with van der Waals surface area (Å²) in [5.41, 5.74) is 1.89. The second-order valence-corrected chi connectivity index (χ2v) is 6.39. The summed E-state index contributed by atoms with van der Waals surface area (Å²) >= 11 is 5.93. The molecule has 4 nitrogen and oxygen atoms in total. The highest BCUT2D eigenvalue weighted by molar-refractivity contribution is 6.30. The van der Waals surface area contributed by atoms with E-state index in [9.17, 15) is 5.11 Å². The summed E-state index contributed by atoms with van der Waals surface area (Å²) in [5, 5.41) is 10.0. The van der Waals surface area contributed by atoms with E-state index in [1.807, 2.05) is 31.2 Å². The largest absolute Gasteiger partial charge is 0.439 e. The van der Waals surface area contributed by atoms with Gasteiger partial charge in [-0.05, 0) is 56.5 Å². The molecule has 1 aliphatic rings. The van der Waals surface area contributed by atoms with Crippen molar-refractivity contribution in [1.29, 1.82) is 0 Å². The minimum absolute atomic E-state index is 0.261. The maximum atomic E-state index is 9.32. The van der Waals surface area contributed by atoms with E-state index in [4.69, 9.17) is 16.0 Å². The monoisotopic (exact) mass is 320 g/mol. The van der Waals surface area contributed by atoms with Crippen LogP contribution in [0, 0.1) is 12.8 Å². The maximum absolute atomic E-state index is 9.32. The fourth-order valence-electron chi connectivity index (χ4n) is 3.02. The number of hydrogen-bond donors (Lipinski definition) is 1. The minimum atomic E-state index is 0.261. The van der Waals surface area contributed by atoms with Crippen LogP contribution >= 0.6 is 11.6 Å². The van der Waals surface area contributed by atoms with Crippen molar-refractivity contribution in [3.05, 3.63) is 40.9 Å².